The topological polar surface area (TPSA) is 164 Å². The number of nitro groups is 1. The summed E-state index contributed by atoms with van der Waals surface area (Å²) in [5, 5.41) is 34.5. The molecule has 0 aliphatic rings. The van der Waals surface area contributed by atoms with E-state index < -0.39 is 49.0 Å². The largest absolute Gasteiger partial charge is 0.478 e. The van der Waals surface area contributed by atoms with E-state index in [0.717, 1.165) is 4.90 Å². The summed E-state index contributed by atoms with van der Waals surface area (Å²) in [5.74, 6) is -1.55. The van der Waals surface area contributed by atoms with Crippen LogP contribution in [0.3, 0.4) is 0 Å². The number of aromatic carboxylic acids is 1. The molecule has 11 heteroatoms. The number of nitrogens with zero attached hydrogens (tertiary/aromatic N) is 2. The SMILES string of the molecule is CC(O)N(C)c1c([N+](=O)[O-])cc(C(=O)O)cc1S(N)(=O)=O. The van der Waals surface area contributed by atoms with Crippen molar-refractivity contribution >= 4 is 27.4 Å². The van der Waals surface area contributed by atoms with Gasteiger partial charge in [0.2, 0.25) is 10.0 Å². The van der Waals surface area contributed by atoms with Gasteiger partial charge in [0.05, 0.1) is 10.5 Å². The maximum atomic E-state index is 11.6. The quantitative estimate of drug-likeness (QED) is 0.378. The summed E-state index contributed by atoms with van der Waals surface area (Å²) >= 11 is 0. The third kappa shape index (κ3) is 3.45. The number of benzene rings is 1. The van der Waals surface area contributed by atoms with Crippen LogP contribution in [0.15, 0.2) is 17.0 Å². The summed E-state index contributed by atoms with van der Waals surface area (Å²) in [7, 11) is -3.23. The minimum absolute atomic E-state index is 0.484. The smallest absolute Gasteiger partial charge is 0.335 e. The van der Waals surface area contributed by atoms with E-state index in [1.807, 2.05) is 0 Å². The maximum Gasteiger partial charge on any atom is 0.335 e. The lowest BCUT2D eigenvalue weighted by molar-refractivity contribution is -0.384. The van der Waals surface area contributed by atoms with Crippen LogP contribution in [-0.2, 0) is 10.0 Å². The molecule has 1 unspecified atom stereocenters. The van der Waals surface area contributed by atoms with Gasteiger partial charge in [-0.15, -0.1) is 0 Å². The van der Waals surface area contributed by atoms with Crippen LogP contribution in [0, 0.1) is 10.1 Å². The average molecular weight is 319 g/mol. The molecular formula is C10H13N3O7S. The lowest BCUT2D eigenvalue weighted by Gasteiger charge is -2.24. The predicted octanol–water partition coefficient (Wildman–Crippen LogP) is -0.285. The Kier molecular flexibility index (Phi) is 4.51. The van der Waals surface area contributed by atoms with Gasteiger partial charge in [0.25, 0.3) is 5.69 Å². The van der Waals surface area contributed by atoms with Crippen molar-refractivity contribution in [3.8, 4) is 0 Å². The molecule has 0 fully saturated rings. The van der Waals surface area contributed by atoms with Gasteiger partial charge in [-0.1, -0.05) is 0 Å². The number of anilines is 1. The molecule has 1 rings (SSSR count). The molecule has 1 aromatic carbocycles. The second-order valence-corrected chi connectivity index (χ2v) is 5.72. The Bertz CT molecular complexity index is 699. The Morgan fingerprint density at radius 1 is 1.48 bits per heavy atom. The van der Waals surface area contributed by atoms with Gasteiger partial charge in [-0.3, -0.25) is 10.1 Å². The lowest BCUT2D eigenvalue weighted by atomic mass is 10.1. The first-order valence-electron chi connectivity index (χ1n) is 5.46. The molecule has 0 heterocycles. The van der Waals surface area contributed by atoms with E-state index in [1.165, 1.54) is 14.0 Å². The van der Waals surface area contributed by atoms with Crippen molar-refractivity contribution in [2.75, 3.05) is 11.9 Å². The standard InChI is InChI=1S/C10H13N3O7S/c1-5(14)12(2)9-7(13(17)18)3-6(10(15)16)4-8(9)21(11,19)20/h3-5,14H,1-2H3,(H,15,16)(H2,11,19,20). The normalized spacial score (nSPS) is 12.8. The van der Waals surface area contributed by atoms with E-state index in [0.29, 0.717) is 12.1 Å². The molecule has 0 saturated heterocycles. The summed E-state index contributed by atoms with van der Waals surface area (Å²) in [6.07, 6.45) is -1.26. The van der Waals surface area contributed by atoms with E-state index in [-0.39, 0.29) is 0 Å². The summed E-state index contributed by atoms with van der Waals surface area (Å²) in [5.41, 5.74) is -1.88. The van der Waals surface area contributed by atoms with Gasteiger partial charge >= 0.3 is 5.97 Å². The van der Waals surface area contributed by atoms with Crippen LogP contribution in [0.5, 0.6) is 0 Å². The highest BCUT2D eigenvalue weighted by Crippen LogP contribution is 2.36. The molecule has 116 valence electrons. The minimum Gasteiger partial charge on any atom is -0.478 e. The zero-order valence-corrected chi connectivity index (χ0v) is 11.9. The average Bonchev–Trinajstić information content (AvgIpc) is 2.34. The molecule has 0 radical (unpaired) electrons. The molecule has 0 aromatic heterocycles. The molecule has 21 heavy (non-hydrogen) atoms. The third-order valence-corrected chi connectivity index (χ3v) is 3.64. The molecule has 1 aromatic rings. The van der Waals surface area contributed by atoms with Crippen LogP contribution in [0.1, 0.15) is 17.3 Å². The van der Waals surface area contributed by atoms with Crippen molar-refractivity contribution in [1.82, 2.24) is 0 Å². The van der Waals surface area contributed by atoms with E-state index in [1.54, 1.807) is 0 Å². The highest BCUT2D eigenvalue weighted by Gasteiger charge is 2.30. The van der Waals surface area contributed by atoms with Gasteiger partial charge in [0.1, 0.15) is 16.8 Å². The molecule has 0 amide bonds. The molecule has 0 spiro atoms. The number of carbonyl (C=O) groups is 1. The monoisotopic (exact) mass is 319 g/mol. The fourth-order valence-corrected chi connectivity index (χ4v) is 2.42. The molecular weight excluding hydrogens is 306 g/mol. The van der Waals surface area contributed by atoms with E-state index in [9.17, 15) is 28.4 Å². The van der Waals surface area contributed by atoms with Crippen LogP contribution in [0.2, 0.25) is 0 Å². The molecule has 0 aliphatic heterocycles. The van der Waals surface area contributed by atoms with Gasteiger partial charge in [0.15, 0.2) is 0 Å². The molecule has 0 aliphatic carbocycles. The number of carboxylic acids is 1. The van der Waals surface area contributed by atoms with E-state index >= 15 is 0 Å². The first kappa shape index (κ1) is 16.8. The van der Waals surface area contributed by atoms with Crippen molar-refractivity contribution in [2.24, 2.45) is 5.14 Å². The Morgan fingerprint density at radius 3 is 2.33 bits per heavy atom. The molecule has 4 N–H and O–H groups in total. The highest BCUT2D eigenvalue weighted by molar-refractivity contribution is 7.89. The van der Waals surface area contributed by atoms with Crippen molar-refractivity contribution in [2.45, 2.75) is 18.0 Å². The van der Waals surface area contributed by atoms with Crippen molar-refractivity contribution in [3.63, 3.8) is 0 Å². The number of rotatable bonds is 5. The van der Waals surface area contributed by atoms with Gasteiger partial charge < -0.3 is 15.1 Å². The predicted molar refractivity (Wildman–Crippen MR) is 71.5 cm³/mol. The number of nitro benzene ring substituents is 1. The first-order valence-corrected chi connectivity index (χ1v) is 7.01. The Morgan fingerprint density at radius 2 is 2.00 bits per heavy atom. The zero-order chi connectivity index (χ0) is 16.5. The number of sulfonamides is 1. The summed E-state index contributed by atoms with van der Waals surface area (Å²) in [4.78, 5) is 21.2. The van der Waals surface area contributed by atoms with Gasteiger partial charge in [-0.05, 0) is 13.0 Å². The number of hydrogen-bond acceptors (Lipinski definition) is 7. The Balaban J connectivity index is 3.88. The summed E-state index contributed by atoms with van der Waals surface area (Å²) < 4.78 is 23.2. The fraction of sp³-hybridized carbons (Fsp3) is 0.300. The highest BCUT2D eigenvalue weighted by atomic mass is 32.2. The number of nitrogens with two attached hydrogens (primary N) is 1. The van der Waals surface area contributed by atoms with Crippen molar-refractivity contribution in [3.05, 3.63) is 27.8 Å². The molecule has 1 atom stereocenters. The van der Waals surface area contributed by atoms with Crippen LogP contribution in [-0.4, -0.2) is 42.8 Å². The van der Waals surface area contributed by atoms with Crippen LogP contribution >= 0.6 is 0 Å². The fourth-order valence-electron chi connectivity index (χ4n) is 1.61. The lowest BCUT2D eigenvalue weighted by Crippen LogP contribution is -2.31. The van der Waals surface area contributed by atoms with Gasteiger partial charge in [0, 0.05) is 13.1 Å². The van der Waals surface area contributed by atoms with E-state index in [4.69, 9.17) is 10.2 Å². The Labute approximate surface area is 119 Å². The second kappa shape index (κ2) is 5.63. The van der Waals surface area contributed by atoms with Gasteiger partial charge in [-0.25, -0.2) is 18.4 Å². The van der Waals surface area contributed by atoms with E-state index in [2.05, 4.69) is 0 Å². The number of primary sulfonamides is 1. The van der Waals surface area contributed by atoms with Crippen molar-refractivity contribution < 1.29 is 28.3 Å². The number of hydrogen-bond donors (Lipinski definition) is 3. The zero-order valence-electron chi connectivity index (χ0n) is 11.0. The molecule has 0 saturated carbocycles. The minimum atomic E-state index is -4.44. The van der Waals surface area contributed by atoms with Crippen LogP contribution in [0.25, 0.3) is 0 Å². The van der Waals surface area contributed by atoms with Crippen LogP contribution in [0.4, 0.5) is 11.4 Å². The molecule has 0 bridgehead atoms. The maximum absolute atomic E-state index is 11.6. The van der Waals surface area contributed by atoms with Crippen molar-refractivity contribution in [1.29, 1.82) is 0 Å². The Hall–Kier alpha value is -2.24. The third-order valence-electron chi connectivity index (χ3n) is 2.72. The number of aliphatic hydroxyl groups is 1. The second-order valence-electron chi connectivity index (χ2n) is 4.19. The van der Waals surface area contributed by atoms with Gasteiger partial charge in [-0.2, -0.15) is 0 Å². The summed E-state index contributed by atoms with van der Waals surface area (Å²) in [6, 6.07) is 1.41. The number of carboxylic acid groups (broad SMARTS) is 1. The summed E-state index contributed by atoms with van der Waals surface area (Å²) in [6.45, 7) is 1.25. The van der Waals surface area contributed by atoms with Crippen LogP contribution < -0.4 is 10.0 Å². The molecule has 10 nitrogen and oxygen atoms in total. The first-order chi connectivity index (χ1) is 9.46. The number of aliphatic hydroxyl groups excluding tert-OH is 1.